The van der Waals surface area contributed by atoms with E-state index in [4.69, 9.17) is 4.74 Å². The molecule has 0 aliphatic heterocycles. The Labute approximate surface area is 149 Å². The Hall–Kier alpha value is -3.47. The standard InChI is InChI=1S/C18H16N6O2/c1-2-26-18(25)16-11-23(22-21-16)15-9-20-24(10-15)17-6-5-13(12-3-4-12)7-14(17)8-19/h5-7,9-12H,2-4H2,1H3. The molecule has 8 heteroatoms. The number of benzene rings is 1. The molecule has 0 N–H and O–H groups in total. The molecule has 1 saturated carbocycles. The van der Waals surface area contributed by atoms with Gasteiger partial charge in [0.2, 0.25) is 0 Å². The second-order valence-corrected chi connectivity index (χ2v) is 6.07. The SMILES string of the molecule is CCOC(=O)c1cn(-c2cnn(-c3ccc(C4CC4)cc3C#N)c2)nn1. The van der Waals surface area contributed by atoms with Crippen LogP contribution in [0, 0.1) is 11.3 Å². The van der Waals surface area contributed by atoms with E-state index in [1.807, 2.05) is 18.2 Å². The number of esters is 1. The molecule has 0 saturated heterocycles. The molecule has 4 rings (SSSR count). The molecule has 0 unspecified atom stereocenters. The summed E-state index contributed by atoms with van der Waals surface area (Å²) in [7, 11) is 0. The van der Waals surface area contributed by atoms with Crippen molar-refractivity contribution in [3.63, 3.8) is 0 Å². The maximum absolute atomic E-state index is 11.7. The van der Waals surface area contributed by atoms with Crippen LogP contribution in [0.4, 0.5) is 0 Å². The van der Waals surface area contributed by atoms with Gasteiger partial charge >= 0.3 is 5.97 Å². The maximum Gasteiger partial charge on any atom is 0.360 e. The summed E-state index contributed by atoms with van der Waals surface area (Å²) in [5, 5.41) is 21.5. The molecule has 0 spiro atoms. The lowest BCUT2D eigenvalue weighted by Gasteiger charge is -2.06. The van der Waals surface area contributed by atoms with E-state index in [9.17, 15) is 10.1 Å². The van der Waals surface area contributed by atoms with Crippen LogP contribution >= 0.6 is 0 Å². The first kappa shape index (κ1) is 16.0. The lowest BCUT2D eigenvalue weighted by atomic mass is 10.1. The summed E-state index contributed by atoms with van der Waals surface area (Å²) in [6, 6.07) is 8.13. The fraction of sp³-hybridized carbons (Fsp3) is 0.278. The van der Waals surface area contributed by atoms with Gasteiger partial charge in [-0.15, -0.1) is 5.10 Å². The second-order valence-electron chi connectivity index (χ2n) is 6.07. The van der Waals surface area contributed by atoms with Crippen molar-refractivity contribution in [2.24, 2.45) is 0 Å². The van der Waals surface area contributed by atoms with Crippen LogP contribution in [0.5, 0.6) is 0 Å². The van der Waals surface area contributed by atoms with E-state index in [1.54, 1.807) is 24.0 Å². The molecule has 2 aromatic heterocycles. The fourth-order valence-electron chi connectivity index (χ4n) is 2.77. The van der Waals surface area contributed by atoms with Gasteiger partial charge in [-0.3, -0.25) is 0 Å². The van der Waals surface area contributed by atoms with E-state index in [2.05, 4.69) is 21.5 Å². The van der Waals surface area contributed by atoms with Crippen molar-refractivity contribution in [2.45, 2.75) is 25.7 Å². The number of ether oxygens (including phenoxy) is 1. The fourth-order valence-corrected chi connectivity index (χ4v) is 2.77. The Balaban J connectivity index is 1.62. The highest BCUT2D eigenvalue weighted by atomic mass is 16.5. The van der Waals surface area contributed by atoms with Gasteiger partial charge in [0.1, 0.15) is 11.8 Å². The third-order valence-electron chi connectivity index (χ3n) is 4.25. The number of carbonyl (C=O) groups is 1. The molecular weight excluding hydrogens is 332 g/mol. The van der Waals surface area contributed by atoms with Gasteiger partial charge in [-0.05, 0) is 43.4 Å². The van der Waals surface area contributed by atoms with Gasteiger partial charge in [-0.25, -0.2) is 14.2 Å². The van der Waals surface area contributed by atoms with Crippen LogP contribution in [-0.2, 0) is 4.74 Å². The number of rotatable bonds is 5. The third-order valence-corrected chi connectivity index (χ3v) is 4.25. The Morgan fingerprint density at radius 3 is 2.92 bits per heavy atom. The highest BCUT2D eigenvalue weighted by Gasteiger charge is 2.24. The van der Waals surface area contributed by atoms with E-state index < -0.39 is 5.97 Å². The summed E-state index contributed by atoms with van der Waals surface area (Å²) >= 11 is 0. The molecule has 0 amide bonds. The summed E-state index contributed by atoms with van der Waals surface area (Å²) in [4.78, 5) is 11.7. The quantitative estimate of drug-likeness (QED) is 0.657. The average Bonchev–Trinajstić information content (AvgIpc) is 3.19. The van der Waals surface area contributed by atoms with Crippen LogP contribution in [0.2, 0.25) is 0 Å². The summed E-state index contributed by atoms with van der Waals surface area (Å²) in [6.07, 6.45) is 7.19. The Morgan fingerprint density at radius 1 is 1.35 bits per heavy atom. The van der Waals surface area contributed by atoms with Crippen molar-refractivity contribution in [1.29, 1.82) is 5.26 Å². The van der Waals surface area contributed by atoms with Crippen molar-refractivity contribution in [3.8, 4) is 17.4 Å². The average molecular weight is 348 g/mol. The van der Waals surface area contributed by atoms with Crippen molar-refractivity contribution >= 4 is 5.97 Å². The zero-order valence-corrected chi connectivity index (χ0v) is 14.2. The van der Waals surface area contributed by atoms with E-state index in [1.165, 1.54) is 29.3 Å². The first-order chi connectivity index (χ1) is 12.7. The molecular formula is C18H16N6O2. The van der Waals surface area contributed by atoms with E-state index in [-0.39, 0.29) is 12.3 Å². The summed E-state index contributed by atoms with van der Waals surface area (Å²) < 4.78 is 7.97. The lowest BCUT2D eigenvalue weighted by Crippen LogP contribution is -2.04. The number of carbonyl (C=O) groups excluding carboxylic acids is 1. The summed E-state index contributed by atoms with van der Waals surface area (Å²) in [5.74, 6) is 0.0642. The lowest BCUT2D eigenvalue weighted by molar-refractivity contribution is 0.0519. The minimum Gasteiger partial charge on any atom is -0.461 e. The maximum atomic E-state index is 11.7. The largest absolute Gasteiger partial charge is 0.461 e. The van der Waals surface area contributed by atoms with Crippen LogP contribution < -0.4 is 0 Å². The van der Waals surface area contributed by atoms with Crippen molar-refractivity contribution in [1.82, 2.24) is 24.8 Å². The van der Waals surface area contributed by atoms with Gasteiger partial charge in [0, 0.05) is 0 Å². The zero-order chi connectivity index (χ0) is 18.1. The molecule has 1 fully saturated rings. The van der Waals surface area contributed by atoms with Gasteiger partial charge in [0.25, 0.3) is 0 Å². The molecule has 1 aliphatic rings. The number of nitriles is 1. The molecule has 1 aliphatic carbocycles. The Kier molecular flexibility index (Phi) is 3.97. The number of nitrogens with zero attached hydrogens (tertiary/aromatic N) is 6. The van der Waals surface area contributed by atoms with Gasteiger partial charge in [-0.1, -0.05) is 11.3 Å². The van der Waals surface area contributed by atoms with E-state index in [0.717, 1.165) is 0 Å². The Morgan fingerprint density at radius 2 is 2.19 bits per heavy atom. The molecule has 3 aromatic rings. The molecule has 0 bridgehead atoms. The number of aromatic nitrogens is 5. The molecule has 2 heterocycles. The van der Waals surface area contributed by atoms with Crippen LogP contribution in [-0.4, -0.2) is 37.4 Å². The first-order valence-electron chi connectivity index (χ1n) is 8.38. The van der Waals surface area contributed by atoms with Gasteiger partial charge in [-0.2, -0.15) is 10.4 Å². The monoisotopic (exact) mass is 348 g/mol. The molecule has 130 valence electrons. The van der Waals surface area contributed by atoms with Crippen LogP contribution in [0.3, 0.4) is 0 Å². The predicted molar refractivity (Wildman–Crippen MR) is 91.1 cm³/mol. The van der Waals surface area contributed by atoms with E-state index >= 15 is 0 Å². The number of hydrogen-bond acceptors (Lipinski definition) is 6. The van der Waals surface area contributed by atoms with Crippen molar-refractivity contribution in [3.05, 3.63) is 53.6 Å². The van der Waals surface area contributed by atoms with Gasteiger partial charge < -0.3 is 4.74 Å². The second kappa shape index (κ2) is 6.44. The molecule has 0 radical (unpaired) electrons. The van der Waals surface area contributed by atoms with Gasteiger partial charge in [0.05, 0.1) is 36.4 Å². The van der Waals surface area contributed by atoms with Crippen LogP contribution in [0.15, 0.2) is 36.8 Å². The van der Waals surface area contributed by atoms with Crippen LogP contribution in [0.25, 0.3) is 11.4 Å². The first-order valence-corrected chi connectivity index (χ1v) is 8.38. The predicted octanol–water partition coefficient (Wildman–Crippen LogP) is 2.38. The van der Waals surface area contributed by atoms with Crippen molar-refractivity contribution < 1.29 is 9.53 Å². The smallest absolute Gasteiger partial charge is 0.360 e. The van der Waals surface area contributed by atoms with Gasteiger partial charge in [0.15, 0.2) is 5.69 Å². The minimum absolute atomic E-state index is 0.131. The Bertz CT molecular complexity index is 1010. The molecule has 26 heavy (non-hydrogen) atoms. The minimum atomic E-state index is -0.520. The molecule has 8 nitrogen and oxygen atoms in total. The normalized spacial score (nSPS) is 13.4. The molecule has 1 aromatic carbocycles. The highest BCUT2D eigenvalue weighted by Crippen LogP contribution is 2.40. The molecule has 0 atom stereocenters. The number of hydrogen-bond donors (Lipinski definition) is 0. The summed E-state index contributed by atoms with van der Waals surface area (Å²) in [5.41, 5.74) is 3.24. The highest BCUT2D eigenvalue weighted by molar-refractivity contribution is 5.86. The van der Waals surface area contributed by atoms with Crippen molar-refractivity contribution in [2.75, 3.05) is 6.61 Å². The van der Waals surface area contributed by atoms with E-state index in [0.29, 0.717) is 22.9 Å². The topological polar surface area (TPSA) is 98.6 Å². The van der Waals surface area contributed by atoms with Crippen LogP contribution in [0.1, 0.15) is 47.3 Å². The summed E-state index contributed by atoms with van der Waals surface area (Å²) in [6.45, 7) is 2.01. The third kappa shape index (κ3) is 2.95. The zero-order valence-electron chi connectivity index (χ0n) is 14.2.